The highest BCUT2D eigenvalue weighted by Gasteiger charge is 2.06. The van der Waals surface area contributed by atoms with Crippen molar-refractivity contribution in [3.63, 3.8) is 0 Å². The van der Waals surface area contributed by atoms with Gasteiger partial charge in [-0.25, -0.2) is 4.79 Å². The van der Waals surface area contributed by atoms with Crippen LogP contribution in [0.3, 0.4) is 0 Å². The van der Waals surface area contributed by atoms with Crippen molar-refractivity contribution in [2.24, 2.45) is 0 Å². The molecule has 2 aromatic rings. The highest BCUT2D eigenvalue weighted by Crippen LogP contribution is 2.17. The maximum Gasteiger partial charge on any atom is 0.337 e. The third kappa shape index (κ3) is 6.15. The molecular formula is C19H21NO4S. The third-order valence-electron chi connectivity index (χ3n) is 3.33. The molecule has 0 aliphatic rings. The van der Waals surface area contributed by atoms with Gasteiger partial charge in [0.05, 0.1) is 25.0 Å². The molecule has 0 fully saturated rings. The average Bonchev–Trinajstić information content (AvgIpc) is 2.63. The van der Waals surface area contributed by atoms with E-state index in [1.807, 2.05) is 43.3 Å². The molecule has 2 aromatic carbocycles. The Labute approximate surface area is 151 Å². The Morgan fingerprint density at radius 3 is 2.32 bits per heavy atom. The Balaban J connectivity index is 1.75. The number of thioether (sulfide) groups is 1. The van der Waals surface area contributed by atoms with E-state index in [-0.39, 0.29) is 11.9 Å². The number of methoxy groups -OCH3 is 1. The quantitative estimate of drug-likeness (QED) is 0.727. The smallest absolute Gasteiger partial charge is 0.337 e. The van der Waals surface area contributed by atoms with Crippen LogP contribution in [-0.2, 0) is 15.3 Å². The van der Waals surface area contributed by atoms with E-state index < -0.39 is 0 Å². The summed E-state index contributed by atoms with van der Waals surface area (Å²) in [6.45, 7) is 2.54. The number of hydrogen-bond donors (Lipinski definition) is 1. The summed E-state index contributed by atoms with van der Waals surface area (Å²) in [5.41, 5.74) is 2.31. The third-order valence-corrected chi connectivity index (χ3v) is 4.33. The van der Waals surface area contributed by atoms with Crippen LogP contribution in [0.1, 0.15) is 22.8 Å². The van der Waals surface area contributed by atoms with Gasteiger partial charge in [0, 0.05) is 11.4 Å². The number of anilines is 1. The van der Waals surface area contributed by atoms with Crippen molar-refractivity contribution in [1.82, 2.24) is 0 Å². The fourth-order valence-electron chi connectivity index (χ4n) is 2.11. The predicted octanol–water partition coefficient (Wildman–Crippen LogP) is 3.74. The van der Waals surface area contributed by atoms with Gasteiger partial charge in [-0.1, -0.05) is 12.1 Å². The first kappa shape index (κ1) is 18.9. The number of hydrogen-bond acceptors (Lipinski definition) is 5. The van der Waals surface area contributed by atoms with Crippen molar-refractivity contribution in [1.29, 1.82) is 0 Å². The van der Waals surface area contributed by atoms with Crippen molar-refractivity contribution in [3.05, 3.63) is 59.7 Å². The number of benzene rings is 2. The molecule has 1 amide bonds. The summed E-state index contributed by atoms with van der Waals surface area (Å²) in [6, 6.07) is 14.5. The number of amides is 1. The van der Waals surface area contributed by atoms with Crippen LogP contribution in [-0.4, -0.2) is 31.3 Å². The molecule has 6 heteroatoms. The zero-order valence-electron chi connectivity index (χ0n) is 14.3. The van der Waals surface area contributed by atoms with E-state index in [2.05, 4.69) is 10.1 Å². The molecule has 5 nitrogen and oxygen atoms in total. The minimum absolute atomic E-state index is 0.0552. The highest BCUT2D eigenvalue weighted by molar-refractivity contribution is 7.99. The molecule has 0 saturated heterocycles. The molecule has 132 valence electrons. The van der Waals surface area contributed by atoms with Crippen molar-refractivity contribution in [2.75, 3.05) is 24.8 Å². The van der Waals surface area contributed by atoms with Crippen molar-refractivity contribution in [2.45, 2.75) is 12.7 Å². The second-order valence-electron chi connectivity index (χ2n) is 5.19. The molecule has 0 aliphatic carbocycles. The summed E-state index contributed by atoms with van der Waals surface area (Å²) < 4.78 is 10.0. The van der Waals surface area contributed by atoms with E-state index in [9.17, 15) is 9.59 Å². The lowest BCUT2D eigenvalue weighted by molar-refractivity contribution is -0.113. The van der Waals surface area contributed by atoms with E-state index in [0.717, 1.165) is 17.0 Å². The fraction of sp³-hybridized carbons (Fsp3) is 0.263. The first-order valence-corrected chi connectivity index (χ1v) is 9.05. The average molecular weight is 359 g/mol. The predicted molar refractivity (Wildman–Crippen MR) is 100 cm³/mol. The molecule has 0 radical (unpaired) electrons. The Bertz CT molecular complexity index is 698. The molecule has 0 unspecified atom stereocenters. The largest absolute Gasteiger partial charge is 0.494 e. The van der Waals surface area contributed by atoms with Crippen LogP contribution in [0.5, 0.6) is 5.75 Å². The van der Waals surface area contributed by atoms with Crippen molar-refractivity contribution < 1.29 is 19.1 Å². The van der Waals surface area contributed by atoms with Gasteiger partial charge in [-0.05, 0) is 48.9 Å². The molecule has 0 aliphatic heterocycles. The van der Waals surface area contributed by atoms with Gasteiger partial charge in [-0.3, -0.25) is 4.79 Å². The van der Waals surface area contributed by atoms with Crippen molar-refractivity contribution >= 4 is 29.3 Å². The summed E-state index contributed by atoms with van der Waals surface area (Å²) in [5, 5.41) is 2.85. The molecule has 0 aromatic heterocycles. The van der Waals surface area contributed by atoms with Gasteiger partial charge in [0.1, 0.15) is 5.75 Å². The van der Waals surface area contributed by atoms with Crippen molar-refractivity contribution in [3.8, 4) is 5.75 Å². The van der Waals surface area contributed by atoms with E-state index >= 15 is 0 Å². The number of carbonyl (C=O) groups is 2. The Hall–Kier alpha value is -2.47. The topological polar surface area (TPSA) is 64.6 Å². The lowest BCUT2D eigenvalue weighted by atomic mass is 10.1. The normalized spacial score (nSPS) is 10.2. The lowest BCUT2D eigenvalue weighted by Crippen LogP contribution is -2.14. The summed E-state index contributed by atoms with van der Waals surface area (Å²) in [5.74, 6) is 1.42. The number of esters is 1. The first-order valence-electron chi connectivity index (χ1n) is 7.90. The molecular weight excluding hydrogens is 338 g/mol. The van der Waals surface area contributed by atoms with Gasteiger partial charge in [-0.2, -0.15) is 0 Å². The molecule has 0 spiro atoms. The van der Waals surface area contributed by atoms with Crippen LogP contribution in [0.15, 0.2) is 48.5 Å². The van der Waals surface area contributed by atoms with Gasteiger partial charge in [-0.15, -0.1) is 11.8 Å². The van der Waals surface area contributed by atoms with Gasteiger partial charge >= 0.3 is 5.97 Å². The Morgan fingerprint density at radius 2 is 1.72 bits per heavy atom. The molecule has 2 rings (SSSR count). The van der Waals surface area contributed by atoms with E-state index in [1.165, 1.54) is 18.9 Å². The van der Waals surface area contributed by atoms with Crippen LogP contribution in [0.4, 0.5) is 5.69 Å². The van der Waals surface area contributed by atoms with E-state index in [1.54, 1.807) is 12.1 Å². The van der Waals surface area contributed by atoms with Gasteiger partial charge < -0.3 is 14.8 Å². The van der Waals surface area contributed by atoms with E-state index in [4.69, 9.17) is 4.74 Å². The molecule has 0 atom stereocenters. The summed E-state index contributed by atoms with van der Waals surface area (Å²) in [7, 11) is 1.36. The highest BCUT2D eigenvalue weighted by atomic mass is 32.2. The van der Waals surface area contributed by atoms with Crippen LogP contribution in [0, 0.1) is 0 Å². The van der Waals surface area contributed by atoms with Crippen LogP contribution in [0.2, 0.25) is 0 Å². The van der Waals surface area contributed by atoms with Crippen LogP contribution >= 0.6 is 11.8 Å². The SMILES string of the molecule is CCOc1ccc(NC(=O)CSCc2ccc(C(=O)OC)cc2)cc1. The number of ether oxygens (including phenoxy) is 2. The summed E-state index contributed by atoms with van der Waals surface area (Å²) in [6.07, 6.45) is 0. The maximum absolute atomic E-state index is 12.0. The second-order valence-corrected chi connectivity index (χ2v) is 6.17. The minimum atomic E-state index is -0.353. The zero-order chi connectivity index (χ0) is 18.1. The monoisotopic (exact) mass is 359 g/mol. The Kier molecular flexibility index (Phi) is 7.35. The lowest BCUT2D eigenvalue weighted by Gasteiger charge is -2.07. The van der Waals surface area contributed by atoms with Gasteiger partial charge in [0.2, 0.25) is 5.91 Å². The molecule has 0 bridgehead atoms. The number of rotatable bonds is 8. The molecule has 0 saturated carbocycles. The van der Waals surface area contributed by atoms with Gasteiger partial charge in [0.15, 0.2) is 0 Å². The second kappa shape index (κ2) is 9.74. The van der Waals surface area contributed by atoms with E-state index in [0.29, 0.717) is 23.7 Å². The van der Waals surface area contributed by atoms with Crippen LogP contribution in [0.25, 0.3) is 0 Å². The maximum atomic E-state index is 12.0. The fourth-order valence-corrected chi connectivity index (χ4v) is 2.90. The Morgan fingerprint density at radius 1 is 1.04 bits per heavy atom. The molecule has 1 N–H and O–H groups in total. The zero-order valence-corrected chi connectivity index (χ0v) is 15.1. The molecule has 0 heterocycles. The first-order chi connectivity index (χ1) is 12.1. The molecule has 25 heavy (non-hydrogen) atoms. The van der Waals surface area contributed by atoms with Gasteiger partial charge in [0.25, 0.3) is 0 Å². The standard InChI is InChI=1S/C19H21NO4S/c1-3-24-17-10-8-16(9-11-17)20-18(21)13-25-12-14-4-6-15(7-5-14)19(22)23-2/h4-11H,3,12-13H2,1-2H3,(H,20,21). The summed E-state index contributed by atoms with van der Waals surface area (Å²) in [4.78, 5) is 23.3. The number of carbonyl (C=O) groups excluding carboxylic acids is 2. The minimum Gasteiger partial charge on any atom is -0.494 e. The van der Waals surface area contributed by atoms with Crippen LogP contribution < -0.4 is 10.1 Å². The number of nitrogens with one attached hydrogen (secondary N) is 1. The summed E-state index contributed by atoms with van der Waals surface area (Å²) >= 11 is 1.51.